The molecule has 8 heteroatoms. The number of hydrogen-bond donors (Lipinski definition) is 1. The van der Waals surface area contributed by atoms with Crippen LogP contribution in [-0.2, 0) is 0 Å². The van der Waals surface area contributed by atoms with Crippen LogP contribution in [0.3, 0.4) is 0 Å². The molecule has 0 radical (unpaired) electrons. The highest BCUT2D eigenvalue weighted by atomic mass is 35.5. The van der Waals surface area contributed by atoms with E-state index in [4.69, 9.17) is 17.3 Å². The number of fused-ring (bicyclic) bond motifs is 1. The van der Waals surface area contributed by atoms with Gasteiger partial charge in [0.25, 0.3) is 0 Å². The zero-order chi connectivity index (χ0) is 16.7. The zero-order valence-corrected chi connectivity index (χ0v) is 13.6. The Hall–Kier alpha value is -2.25. The summed E-state index contributed by atoms with van der Waals surface area (Å²) in [6, 6.07) is 3.33. The van der Waals surface area contributed by atoms with Crippen molar-refractivity contribution in [3.8, 4) is 11.5 Å². The van der Waals surface area contributed by atoms with E-state index in [0.717, 1.165) is 31.7 Å². The van der Waals surface area contributed by atoms with Crippen molar-refractivity contribution in [3.05, 3.63) is 41.6 Å². The van der Waals surface area contributed by atoms with E-state index in [-0.39, 0.29) is 11.1 Å². The summed E-state index contributed by atoms with van der Waals surface area (Å²) in [6.45, 7) is 1.70. The van der Waals surface area contributed by atoms with Crippen LogP contribution < -0.4 is 10.6 Å². The van der Waals surface area contributed by atoms with E-state index in [9.17, 15) is 4.39 Å². The molecule has 3 aromatic rings. The molecule has 4 heterocycles. The van der Waals surface area contributed by atoms with Crippen molar-refractivity contribution in [1.82, 2.24) is 19.4 Å². The van der Waals surface area contributed by atoms with Crippen LogP contribution in [0.4, 0.5) is 10.2 Å². The van der Waals surface area contributed by atoms with Gasteiger partial charge in [0.15, 0.2) is 5.82 Å². The number of pyridine rings is 1. The number of nitrogens with zero attached hydrogens (tertiary/aromatic N) is 5. The highest BCUT2D eigenvalue weighted by molar-refractivity contribution is 6.30. The van der Waals surface area contributed by atoms with Crippen LogP contribution in [0, 0.1) is 5.82 Å². The predicted octanol–water partition coefficient (Wildman–Crippen LogP) is 2.51. The van der Waals surface area contributed by atoms with Crippen LogP contribution in [0.15, 0.2) is 30.7 Å². The van der Waals surface area contributed by atoms with E-state index in [0.29, 0.717) is 17.2 Å². The van der Waals surface area contributed by atoms with E-state index >= 15 is 0 Å². The maximum absolute atomic E-state index is 13.6. The molecule has 3 aromatic heterocycles. The Morgan fingerprint density at radius 3 is 3.04 bits per heavy atom. The minimum atomic E-state index is -0.502. The van der Waals surface area contributed by atoms with Crippen LogP contribution in [0.2, 0.25) is 5.02 Å². The SMILES string of the molecule is N[C@H]1CCCN(c2ccnc(-c3cnc4cc(F)c(Cl)cn34)n2)C1. The summed E-state index contributed by atoms with van der Waals surface area (Å²) in [7, 11) is 0. The first-order valence-electron chi connectivity index (χ1n) is 7.78. The number of aromatic nitrogens is 4. The smallest absolute Gasteiger partial charge is 0.180 e. The molecule has 0 saturated carbocycles. The van der Waals surface area contributed by atoms with Gasteiger partial charge in [-0.15, -0.1) is 0 Å². The molecule has 0 unspecified atom stereocenters. The van der Waals surface area contributed by atoms with E-state index in [1.54, 1.807) is 16.8 Å². The normalized spacial score (nSPS) is 18.3. The van der Waals surface area contributed by atoms with Gasteiger partial charge >= 0.3 is 0 Å². The lowest BCUT2D eigenvalue weighted by atomic mass is 10.1. The molecule has 0 spiro atoms. The summed E-state index contributed by atoms with van der Waals surface area (Å²) in [4.78, 5) is 15.3. The van der Waals surface area contributed by atoms with Gasteiger partial charge in [-0.3, -0.25) is 4.40 Å². The maximum atomic E-state index is 13.6. The Morgan fingerprint density at radius 1 is 1.33 bits per heavy atom. The lowest BCUT2D eigenvalue weighted by molar-refractivity contribution is 0.503. The number of nitrogens with two attached hydrogens (primary N) is 1. The molecule has 4 rings (SSSR count). The van der Waals surface area contributed by atoms with Gasteiger partial charge in [0.1, 0.15) is 23.0 Å². The fourth-order valence-corrected chi connectivity index (χ4v) is 3.16. The number of hydrogen-bond acceptors (Lipinski definition) is 5. The van der Waals surface area contributed by atoms with Crippen LogP contribution in [-0.4, -0.2) is 38.5 Å². The van der Waals surface area contributed by atoms with Crippen molar-refractivity contribution in [2.24, 2.45) is 5.73 Å². The highest BCUT2D eigenvalue weighted by Gasteiger charge is 2.19. The Balaban J connectivity index is 1.75. The Bertz CT molecular complexity index is 895. The van der Waals surface area contributed by atoms with Gasteiger partial charge in [-0.05, 0) is 18.9 Å². The minimum absolute atomic E-state index is 0.0277. The van der Waals surface area contributed by atoms with Gasteiger partial charge in [-0.1, -0.05) is 11.6 Å². The highest BCUT2D eigenvalue weighted by Crippen LogP contribution is 2.24. The summed E-state index contributed by atoms with van der Waals surface area (Å²) >= 11 is 5.89. The Kier molecular flexibility index (Phi) is 3.82. The van der Waals surface area contributed by atoms with Gasteiger partial charge in [0.05, 0.1) is 11.2 Å². The average Bonchev–Trinajstić information content (AvgIpc) is 2.98. The van der Waals surface area contributed by atoms with Crippen molar-refractivity contribution in [2.45, 2.75) is 18.9 Å². The molecular formula is C16H16ClFN6. The maximum Gasteiger partial charge on any atom is 0.180 e. The third-order valence-corrected chi connectivity index (χ3v) is 4.48. The summed E-state index contributed by atoms with van der Waals surface area (Å²) in [6.07, 6.45) is 6.90. The summed E-state index contributed by atoms with van der Waals surface area (Å²) in [5, 5.41) is 0.0277. The molecule has 0 aromatic carbocycles. The first-order chi connectivity index (χ1) is 11.6. The zero-order valence-electron chi connectivity index (χ0n) is 12.9. The lowest BCUT2D eigenvalue weighted by Gasteiger charge is -2.31. The molecule has 2 N–H and O–H groups in total. The standard InChI is InChI=1S/C16H16ClFN6/c17-11-9-24-13(7-21-15(24)6-12(11)18)16-20-4-3-14(22-16)23-5-1-2-10(19)8-23/h3-4,6-7,9-10H,1-2,5,8,19H2/t10-/m0/s1. The molecule has 1 aliphatic rings. The van der Waals surface area contributed by atoms with Gasteiger partial charge in [-0.2, -0.15) is 0 Å². The lowest BCUT2D eigenvalue weighted by Crippen LogP contribution is -2.43. The van der Waals surface area contributed by atoms with E-state index in [2.05, 4.69) is 19.9 Å². The van der Waals surface area contributed by atoms with Gasteiger partial charge in [0, 0.05) is 37.6 Å². The second-order valence-corrected chi connectivity index (χ2v) is 6.33. The van der Waals surface area contributed by atoms with Crippen molar-refractivity contribution in [1.29, 1.82) is 0 Å². The molecule has 1 atom stereocenters. The van der Waals surface area contributed by atoms with Gasteiger partial charge in [0.2, 0.25) is 0 Å². The third kappa shape index (κ3) is 2.70. The number of piperidine rings is 1. The molecule has 6 nitrogen and oxygen atoms in total. The Morgan fingerprint density at radius 2 is 2.21 bits per heavy atom. The molecule has 24 heavy (non-hydrogen) atoms. The Labute approximate surface area is 143 Å². The molecule has 0 amide bonds. The summed E-state index contributed by atoms with van der Waals surface area (Å²) in [5.74, 6) is 0.846. The summed E-state index contributed by atoms with van der Waals surface area (Å²) in [5.41, 5.74) is 7.17. The molecular weight excluding hydrogens is 331 g/mol. The molecule has 124 valence electrons. The van der Waals surface area contributed by atoms with Gasteiger partial charge < -0.3 is 10.6 Å². The monoisotopic (exact) mass is 346 g/mol. The van der Waals surface area contributed by atoms with Crippen molar-refractivity contribution >= 4 is 23.1 Å². The van der Waals surface area contributed by atoms with Crippen LogP contribution in [0.5, 0.6) is 0 Å². The first-order valence-corrected chi connectivity index (χ1v) is 8.15. The fourth-order valence-electron chi connectivity index (χ4n) is 3.01. The first kappa shape index (κ1) is 15.3. The molecule has 1 fully saturated rings. The average molecular weight is 347 g/mol. The largest absolute Gasteiger partial charge is 0.355 e. The van der Waals surface area contributed by atoms with Crippen molar-refractivity contribution in [3.63, 3.8) is 0 Å². The molecule has 1 aliphatic heterocycles. The second-order valence-electron chi connectivity index (χ2n) is 5.93. The fraction of sp³-hybridized carbons (Fsp3) is 0.312. The number of imidazole rings is 1. The predicted molar refractivity (Wildman–Crippen MR) is 90.6 cm³/mol. The quantitative estimate of drug-likeness (QED) is 0.772. The number of rotatable bonds is 2. The number of halogens is 2. The molecule has 0 bridgehead atoms. The van der Waals surface area contributed by atoms with Crippen LogP contribution in [0.25, 0.3) is 17.2 Å². The van der Waals surface area contributed by atoms with E-state index in [1.807, 2.05) is 6.07 Å². The van der Waals surface area contributed by atoms with Crippen LogP contribution in [0.1, 0.15) is 12.8 Å². The third-order valence-electron chi connectivity index (χ3n) is 4.20. The van der Waals surface area contributed by atoms with Gasteiger partial charge in [-0.25, -0.2) is 19.3 Å². The van der Waals surface area contributed by atoms with Crippen molar-refractivity contribution < 1.29 is 4.39 Å². The summed E-state index contributed by atoms with van der Waals surface area (Å²) < 4.78 is 15.3. The molecule has 1 saturated heterocycles. The topological polar surface area (TPSA) is 72.3 Å². The van der Waals surface area contributed by atoms with E-state index in [1.165, 1.54) is 12.3 Å². The second kappa shape index (κ2) is 5.99. The van der Waals surface area contributed by atoms with E-state index < -0.39 is 5.82 Å². The van der Waals surface area contributed by atoms with Crippen molar-refractivity contribution in [2.75, 3.05) is 18.0 Å². The minimum Gasteiger partial charge on any atom is -0.355 e. The van der Waals surface area contributed by atoms with Crippen LogP contribution >= 0.6 is 11.6 Å². The molecule has 0 aliphatic carbocycles. The number of anilines is 1.